The van der Waals surface area contributed by atoms with Crippen molar-refractivity contribution in [1.29, 1.82) is 0 Å². The van der Waals surface area contributed by atoms with Crippen LogP contribution in [0.25, 0.3) is 0 Å². The summed E-state index contributed by atoms with van der Waals surface area (Å²) in [5, 5.41) is 23.8. The number of carboxylic acid groups (broad SMARTS) is 1. The Bertz CT molecular complexity index is 760. The minimum Gasteiger partial charge on any atom is -0.481 e. The van der Waals surface area contributed by atoms with Gasteiger partial charge in [-0.05, 0) is 44.7 Å². The Morgan fingerprint density at radius 2 is 1.96 bits per heavy atom. The van der Waals surface area contributed by atoms with E-state index in [0.29, 0.717) is 18.5 Å². The van der Waals surface area contributed by atoms with E-state index in [1.54, 1.807) is 19.1 Å². The van der Waals surface area contributed by atoms with E-state index in [1.165, 1.54) is 6.07 Å². The van der Waals surface area contributed by atoms with Gasteiger partial charge in [0.1, 0.15) is 5.69 Å². The van der Waals surface area contributed by atoms with Crippen LogP contribution in [0, 0.1) is 16.0 Å². The first kappa shape index (κ1) is 19.1. The molecule has 0 spiro atoms. The molecule has 2 unspecified atom stereocenters. The Hall–Kier alpha value is -2.64. The molecule has 3 rings (SSSR count). The minimum atomic E-state index is -0.923. The molecule has 0 aromatic heterocycles. The zero-order chi connectivity index (χ0) is 19.6. The molecule has 1 saturated carbocycles. The molecule has 0 bridgehead atoms. The highest BCUT2D eigenvalue weighted by atomic mass is 16.6. The molecular formula is C19H25N3O5. The molecule has 1 aliphatic heterocycles. The van der Waals surface area contributed by atoms with E-state index in [4.69, 9.17) is 0 Å². The highest BCUT2D eigenvalue weighted by molar-refractivity contribution is 5.96. The zero-order valence-corrected chi connectivity index (χ0v) is 15.4. The summed E-state index contributed by atoms with van der Waals surface area (Å²) in [6.07, 6.45) is 4.74. The number of amides is 1. The number of hydrogen-bond acceptors (Lipinski definition) is 5. The summed E-state index contributed by atoms with van der Waals surface area (Å²) in [6.45, 7) is 3.28. The number of nitrogens with zero attached hydrogens (tertiary/aromatic N) is 2. The van der Waals surface area contributed by atoms with Crippen molar-refractivity contribution >= 4 is 23.3 Å². The standard InChI is InChI=1S/C19H25N3O5/c1-19(9-3-2-6-14(19)18(24)25)20-17(23)13-7-8-15(16(12-13)22(26)27)21-10-4-5-11-21/h7-8,12,14H,2-6,9-11H2,1H3,(H,20,23)(H,24,25). The van der Waals surface area contributed by atoms with Crippen LogP contribution < -0.4 is 10.2 Å². The van der Waals surface area contributed by atoms with Crippen molar-refractivity contribution in [3.63, 3.8) is 0 Å². The zero-order valence-electron chi connectivity index (χ0n) is 15.4. The van der Waals surface area contributed by atoms with Crippen LogP contribution in [-0.4, -0.2) is 40.5 Å². The first-order valence-corrected chi connectivity index (χ1v) is 9.40. The van der Waals surface area contributed by atoms with Crippen molar-refractivity contribution in [3.8, 4) is 0 Å². The molecular weight excluding hydrogens is 350 g/mol. The average Bonchev–Trinajstić information content (AvgIpc) is 3.15. The van der Waals surface area contributed by atoms with E-state index in [2.05, 4.69) is 5.32 Å². The number of anilines is 1. The van der Waals surface area contributed by atoms with Crippen LogP contribution in [0.3, 0.4) is 0 Å². The van der Waals surface area contributed by atoms with Crippen molar-refractivity contribution in [2.75, 3.05) is 18.0 Å². The van der Waals surface area contributed by atoms with Gasteiger partial charge in [-0.25, -0.2) is 0 Å². The number of carboxylic acids is 1. The normalized spacial score (nSPS) is 25.2. The van der Waals surface area contributed by atoms with Gasteiger partial charge in [0, 0.05) is 24.7 Å². The highest BCUT2D eigenvalue weighted by Gasteiger charge is 2.42. The van der Waals surface area contributed by atoms with E-state index in [-0.39, 0.29) is 11.3 Å². The Balaban J connectivity index is 1.85. The predicted octanol–water partition coefficient (Wildman–Crippen LogP) is 2.96. The number of nitro benzene ring substituents is 1. The number of nitro groups is 1. The Morgan fingerprint density at radius 3 is 2.59 bits per heavy atom. The van der Waals surface area contributed by atoms with Gasteiger partial charge in [-0.2, -0.15) is 0 Å². The van der Waals surface area contributed by atoms with Crippen molar-refractivity contribution in [3.05, 3.63) is 33.9 Å². The Morgan fingerprint density at radius 1 is 1.26 bits per heavy atom. The monoisotopic (exact) mass is 375 g/mol. The summed E-state index contributed by atoms with van der Waals surface area (Å²) >= 11 is 0. The first-order valence-electron chi connectivity index (χ1n) is 9.40. The van der Waals surface area contributed by atoms with Crippen LogP contribution in [0.15, 0.2) is 18.2 Å². The number of aliphatic carboxylic acids is 1. The fourth-order valence-electron chi connectivity index (χ4n) is 4.25. The molecule has 146 valence electrons. The van der Waals surface area contributed by atoms with Crippen LogP contribution in [-0.2, 0) is 4.79 Å². The molecule has 8 heteroatoms. The lowest BCUT2D eigenvalue weighted by molar-refractivity contribution is -0.384. The largest absolute Gasteiger partial charge is 0.481 e. The number of benzene rings is 1. The summed E-state index contributed by atoms with van der Waals surface area (Å²) in [6, 6.07) is 4.50. The molecule has 2 atom stereocenters. The Kier molecular flexibility index (Phi) is 5.34. The van der Waals surface area contributed by atoms with Crippen LogP contribution in [0.4, 0.5) is 11.4 Å². The predicted molar refractivity (Wildman–Crippen MR) is 100 cm³/mol. The maximum Gasteiger partial charge on any atom is 0.308 e. The highest BCUT2D eigenvalue weighted by Crippen LogP contribution is 2.35. The second-order valence-corrected chi connectivity index (χ2v) is 7.66. The topological polar surface area (TPSA) is 113 Å². The van der Waals surface area contributed by atoms with Crippen LogP contribution in [0.5, 0.6) is 0 Å². The molecule has 27 heavy (non-hydrogen) atoms. The molecule has 2 N–H and O–H groups in total. The van der Waals surface area contributed by atoms with Crippen molar-refractivity contribution in [2.45, 2.75) is 51.0 Å². The molecule has 1 aromatic rings. The maximum absolute atomic E-state index is 12.8. The number of carbonyl (C=O) groups excluding carboxylic acids is 1. The van der Waals surface area contributed by atoms with Gasteiger partial charge >= 0.3 is 5.97 Å². The lowest BCUT2D eigenvalue weighted by atomic mass is 9.73. The van der Waals surface area contributed by atoms with E-state index in [9.17, 15) is 24.8 Å². The number of hydrogen-bond donors (Lipinski definition) is 2. The van der Waals surface area contributed by atoms with Crippen molar-refractivity contribution in [1.82, 2.24) is 5.32 Å². The van der Waals surface area contributed by atoms with Gasteiger partial charge in [-0.15, -0.1) is 0 Å². The molecule has 8 nitrogen and oxygen atoms in total. The fourth-order valence-corrected chi connectivity index (χ4v) is 4.25. The molecule has 1 aliphatic carbocycles. The Labute approximate surface area is 157 Å². The third kappa shape index (κ3) is 3.89. The lowest BCUT2D eigenvalue weighted by Crippen LogP contribution is -2.55. The van der Waals surface area contributed by atoms with Gasteiger partial charge in [0.25, 0.3) is 11.6 Å². The van der Waals surface area contributed by atoms with E-state index >= 15 is 0 Å². The quantitative estimate of drug-likeness (QED) is 0.604. The number of nitrogens with one attached hydrogen (secondary N) is 1. The molecule has 1 heterocycles. The first-order chi connectivity index (χ1) is 12.8. The minimum absolute atomic E-state index is 0.0897. The molecule has 2 fully saturated rings. The second kappa shape index (κ2) is 7.54. The van der Waals surface area contributed by atoms with Crippen molar-refractivity contribution < 1.29 is 19.6 Å². The number of rotatable bonds is 5. The summed E-state index contributed by atoms with van der Waals surface area (Å²) in [5.41, 5.74) is -0.237. The van der Waals surface area contributed by atoms with E-state index in [1.807, 2.05) is 4.90 Å². The summed E-state index contributed by atoms with van der Waals surface area (Å²) < 4.78 is 0. The average molecular weight is 375 g/mol. The SMILES string of the molecule is CC1(NC(=O)c2ccc(N3CCCC3)c([N+](=O)[O-])c2)CCCCC1C(=O)O. The molecule has 1 amide bonds. The molecule has 0 radical (unpaired) electrons. The van der Waals surface area contributed by atoms with Crippen LogP contribution in [0.2, 0.25) is 0 Å². The van der Waals surface area contributed by atoms with Crippen molar-refractivity contribution in [2.24, 2.45) is 5.92 Å². The van der Waals surface area contributed by atoms with Crippen LogP contribution >= 0.6 is 0 Å². The molecule has 2 aliphatic rings. The molecule has 1 saturated heterocycles. The van der Waals surface area contributed by atoms with E-state index < -0.39 is 28.3 Å². The van der Waals surface area contributed by atoms with Gasteiger partial charge in [-0.1, -0.05) is 12.8 Å². The van der Waals surface area contributed by atoms with Gasteiger partial charge in [0.05, 0.1) is 16.4 Å². The lowest BCUT2D eigenvalue weighted by Gasteiger charge is -2.39. The maximum atomic E-state index is 12.8. The third-order valence-electron chi connectivity index (χ3n) is 5.79. The number of carbonyl (C=O) groups is 2. The van der Waals surface area contributed by atoms with Gasteiger partial charge in [0.2, 0.25) is 0 Å². The fraction of sp³-hybridized carbons (Fsp3) is 0.579. The summed E-state index contributed by atoms with van der Waals surface area (Å²) in [7, 11) is 0. The van der Waals surface area contributed by atoms with Crippen LogP contribution in [0.1, 0.15) is 55.8 Å². The van der Waals surface area contributed by atoms with Gasteiger partial charge < -0.3 is 15.3 Å². The van der Waals surface area contributed by atoms with Gasteiger partial charge in [0.15, 0.2) is 0 Å². The smallest absolute Gasteiger partial charge is 0.308 e. The molecule has 1 aromatic carbocycles. The van der Waals surface area contributed by atoms with Gasteiger partial charge in [-0.3, -0.25) is 19.7 Å². The third-order valence-corrected chi connectivity index (χ3v) is 5.79. The summed E-state index contributed by atoms with van der Waals surface area (Å²) in [4.78, 5) is 37.3. The van der Waals surface area contributed by atoms with E-state index in [0.717, 1.165) is 38.8 Å². The second-order valence-electron chi connectivity index (χ2n) is 7.66. The summed E-state index contributed by atoms with van der Waals surface area (Å²) in [5.74, 6) is -2.05.